The van der Waals surface area contributed by atoms with Crippen LogP contribution in [0.15, 0.2) is 97.1 Å². The van der Waals surface area contributed by atoms with Crippen LogP contribution >= 0.6 is 0 Å². The first kappa shape index (κ1) is 25.7. The van der Waals surface area contributed by atoms with Crippen molar-refractivity contribution in [3.63, 3.8) is 0 Å². The first-order valence-electron chi connectivity index (χ1n) is 13.4. The highest BCUT2D eigenvalue weighted by Crippen LogP contribution is 2.27. The van der Waals surface area contributed by atoms with E-state index in [9.17, 15) is 9.59 Å². The number of benzene rings is 4. The molecule has 194 valence electrons. The summed E-state index contributed by atoms with van der Waals surface area (Å²) in [5.41, 5.74) is 10.1. The summed E-state index contributed by atoms with van der Waals surface area (Å²) in [6.45, 7) is 0.991. The number of carbonyl (C=O) groups is 2. The molecule has 0 spiro atoms. The molecule has 1 saturated heterocycles. The monoisotopic (exact) mass is 505 g/mol. The molecule has 4 aromatic rings. The second-order valence-electron chi connectivity index (χ2n) is 10.2. The predicted octanol–water partition coefficient (Wildman–Crippen LogP) is 5.42. The minimum Gasteiger partial charge on any atom is -0.332 e. The number of hydrogen-bond acceptors (Lipinski definition) is 3. The van der Waals surface area contributed by atoms with Crippen LogP contribution in [0.3, 0.4) is 0 Å². The molecule has 4 aromatic carbocycles. The fourth-order valence-electron chi connectivity index (χ4n) is 5.43. The molecule has 2 amide bonds. The van der Waals surface area contributed by atoms with E-state index >= 15 is 0 Å². The van der Waals surface area contributed by atoms with Gasteiger partial charge in [0.25, 0.3) is 0 Å². The first-order valence-corrected chi connectivity index (χ1v) is 13.4. The molecule has 0 unspecified atom stereocenters. The SMILES string of the molecule is CN1C(=O)[C@H](CCCCN)N(Cc2ccc(-c3ccccc3)cc2)C(=O)[C@@H]1Cc1ccc2ccccc2c1. The summed E-state index contributed by atoms with van der Waals surface area (Å²) in [5.74, 6) is 0.0125. The van der Waals surface area contributed by atoms with E-state index in [1.807, 2.05) is 35.2 Å². The average molecular weight is 506 g/mol. The molecule has 1 aliphatic rings. The van der Waals surface area contributed by atoms with Crippen molar-refractivity contribution in [3.05, 3.63) is 108 Å². The highest BCUT2D eigenvalue weighted by Gasteiger charge is 2.43. The molecule has 1 heterocycles. The van der Waals surface area contributed by atoms with Crippen molar-refractivity contribution in [2.45, 2.75) is 44.3 Å². The van der Waals surface area contributed by atoms with Gasteiger partial charge in [-0.1, -0.05) is 97.1 Å². The van der Waals surface area contributed by atoms with Gasteiger partial charge in [-0.05, 0) is 58.8 Å². The minimum absolute atomic E-state index is 0.00476. The van der Waals surface area contributed by atoms with Gasteiger partial charge >= 0.3 is 0 Å². The zero-order chi connectivity index (χ0) is 26.5. The van der Waals surface area contributed by atoms with Crippen LogP contribution in [0.2, 0.25) is 0 Å². The molecular weight excluding hydrogens is 470 g/mol. The fraction of sp³-hybridized carbons (Fsp3) is 0.273. The summed E-state index contributed by atoms with van der Waals surface area (Å²) in [4.78, 5) is 31.1. The summed E-state index contributed by atoms with van der Waals surface area (Å²) >= 11 is 0. The third kappa shape index (κ3) is 5.48. The number of piperazine rings is 1. The Morgan fingerprint density at radius 1 is 0.684 bits per heavy atom. The minimum atomic E-state index is -0.530. The molecule has 5 nitrogen and oxygen atoms in total. The molecule has 2 atom stereocenters. The molecule has 5 heteroatoms. The number of carbonyl (C=O) groups excluding carboxylic acids is 2. The van der Waals surface area contributed by atoms with Crippen molar-refractivity contribution in [2.75, 3.05) is 13.6 Å². The Balaban J connectivity index is 1.40. The number of nitrogens with two attached hydrogens (primary N) is 1. The second-order valence-corrected chi connectivity index (χ2v) is 10.2. The maximum Gasteiger partial charge on any atom is 0.246 e. The lowest BCUT2D eigenvalue weighted by Crippen LogP contribution is -2.63. The van der Waals surface area contributed by atoms with Gasteiger partial charge in [-0.3, -0.25) is 9.59 Å². The van der Waals surface area contributed by atoms with Crippen molar-refractivity contribution < 1.29 is 9.59 Å². The third-order valence-corrected chi connectivity index (χ3v) is 7.63. The maximum atomic E-state index is 14.0. The summed E-state index contributed by atoms with van der Waals surface area (Å²) in [7, 11) is 1.77. The molecule has 0 radical (unpaired) electrons. The Hall–Kier alpha value is -3.96. The number of unbranched alkanes of at least 4 members (excludes halogenated alkanes) is 1. The van der Waals surface area contributed by atoms with E-state index in [2.05, 4.69) is 66.7 Å². The van der Waals surface area contributed by atoms with Gasteiger partial charge in [0, 0.05) is 20.0 Å². The van der Waals surface area contributed by atoms with Crippen LogP contribution < -0.4 is 5.73 Å². The Kier molecular flexibility index (Phi) is 7.85. The van der Waals surface area contributed by atoms with Crippen molar-refractivity contribution in [1.29, 1.82) is 0 Å². The van der Waals surface area contributed by atoms with Gasteiger partial charge in [0.2, 0.25) is 11.8 Å². The molecule has 0 aromatic heterocycles. The summed E-state index contributed by atoms with van der Waals surface area (Å²) in [6, 6.07) is 32.0. The second kappa shape index (κ2) is 11.6. The van der Waals surface area contributed by atoms with E-state index < -0.39 is 12.1 Å². The highest BCUT2D eigenvalue weighted by molar-refractivity contribution is 5.97. The molecule has 0 saturated carbocycles. The number of amides is 2. The number of rotatable bonds is 9. The average Bonchev–Trinajstić information content (AvgIpc) is 2.96. The van der Waals surface area contributed by atoms with Gasteiger partial charge in [0.05, 0.1) is 0 Å². The van der Waals surface area contributed by atoms with E-state index in [1.54, 1.807) is 11.9 Å². The summed E-state index contributed by atoms with van der Waals surface area (Å²) in [6.07, 6.45) is 2.76. The van der Waals surface area contributed by atoms with Gasteiger partial charge in [0.15, 0.2) is 0 Å². The van der Waals surface area contributed by atoms with Crippen molar-refractivity contribution in [2.24, 2.45) is 5.73 Å². The van der Waals surface area contributed by atoms with Crippen LogP contribution in [0.5, 0.6) is 0 Å². The summed E-state index contributed by atoms with van der Waals surface area (Å²) in [5, 5.41) is 2.30. The van der Waals surface area contributed by atoms with Crippen LogP contribution in [0, 0.1) is 0 Å². The Labute approximate surface area is 224 Å². The lowest BCUT2D eigenvalue weighted by atomic mass is 9.94. The van der Waals surface area contributed by atoms with Crippen molar-refractivity contribution in [3.8, 4) is 11.1 Å². The molecule has 2 N–H and O–H groups in total. The normalized spacial score (nSPS) is 17.8. The van der Waals surface area contributed by atoms with Gasteiger partial charge in [0.1, 0.15) is 12.1 Å². The van der Waals surface area contributed by atoms with Crippen LogP contribution in [-0.4, -0.2) is 47.3 Å². The fourth-order valence-corrected chi connectivity index (χ4v) is 5.43. The van der Waals surface area contributed by atoms with E-state index in [0.29, 0.717) is 25.9 Å². The predicted molar refractivity (Wildman–Crippen MR) is 153 cm³/mol. The summed E-state index contributed by atoms with van der Waals surface area (Å²) < 4.78 is 0. The third-order valence-electron chi connectivity index (χ3n) is 7.63. The quantitative estimate of drug-likeness (QED) is 0.309. The van der Waals surface area contributed by atoms with Gasteiger partial charge < -0.3 is 15.5 Å². The smallest absolute Gasteiger partial charge is 0.246 e. The number of hydrogen-bond donors (Lipinski definition) is 1. The topological polar surface area (TPSA) is 66.6 Å². The van der Waals surface area contributed by atoms with Gasteiger partial charge in [-0.25, -0.2) is 0 Å². The molecule has 38 heavy (non-hydrogen) atoms. The van der Waals surface area contributed by atoms with Crippen LogP contribution in [0.1, 0.15) is 30.4 Å². The van der Waals surface area contributed by atoms with E-state index in [4.69, 9.17) is 5.73 Å². The highest BCUT2D eigenvalue weighted by atomic mass is 16.2. The lowest BCUT2D eigenvalue weighted by Gasteiger charge is -2.44. The number of nitrogens with zero attached hydrogens (tertiary/aromatic N) is 2. The molecule has 1 fully saturated rings. The molecule has 0 aliphatic carbocycles. The molecule has 1 aliphatic heterocycles. The Morgan fingerprint density at radius 2 is 1.34 bits per heavy atom. The number of likely N-dealkylation sites (N-methyl/N-ethyl adjacent to an activating group) is 1. The van der Waals surface area contributed by atoms with Gasteiger partial charge in [-0.15, -0.1) is 0 Å². The van der Waals surface area contributed by atoms with Crippen molar-refractivity contribution >= 4 is 22.6 Å². The van der Waals surface area contributed by atoms with E-state index in [-0.39, 0.29) is 11.8 Å². The van der Waals surface area contributed by atoms with Crippen molar-refractivity contribution in [1.82, 2.24) is 9.80 Å². The Bertz CT molecular complexity index is 1400. The van der Waals surface area contributed by atoms with E-state index in [1.165, 1.54) is 0 Å². The maximum absolute atomic E-state index is 14.0. The molecular formula is C33H35N3O2. The van der Waals surface area contributed by atoms with Crippen LogP contribution in [0.25, 0.3) is 21.9 Å². The molecule has 0 bridgehead atoms. The van der Waals surface area contributed by atoms with Crippen LogP contribution in [0.4, 0.5) is 0 Å². The largest absolute Gasteiger partial charge is 0.332 e. The standard InChI is InChI=1S/C33H35N3O2/c1-35-31(22-25-16-19-27-11-5-6-12-29(27)21-25)33(38)36(30(32(35)37)13-7-8-20-34)23-24-14-17-28(18-15-24)26-9-3-2-4-10-26/h2-6,9-12,14-19,21,30-31H,7-8,13,20,22-23,34H2,1H3/t30-,31-/m0/s1. The zero-order valence-corrected chi connectivity index (χ0v) is 21.9. The van der Waals surface area contributed by atoms with Crippen LogP contribution in [-0.2, 0) is 22.6 Å². The zero-order valence-electron chi connectivity index (χ0n) is 21.9. The lowest BCUT2D eigenvalue weighted by molar-refractivity contribution is -0.161. The first-order chi connectivity index (χ1) is 18.5. The number of fused-ring (bicyclic) bond motifs is 1. The van der Waals surface area contributed by atoms with Gasteiger partial charge in [-0.2, -0.15) is 0 Å². The Morgan fingerprint density at radius 3 is 2.08 bits per heavy atom. The molecule has 5 rings (SSSR count). The van der Waals surface area contributed by atoms with E-state index in [0.717, 1.165) is 45.9 Å².